The van der Waals surface area contributed by atoms with E-state index >= 15 is 0 Å². The largest absolute Gasteiger partial charge is 0.236 e. The molecule has 0 heterocycles. The van der Waals surface area contributed by atoms with Crippen LogP contribution in [0.1, 0.15) is 6.42 Å². The van der Waals surface area contributed by atoms with Gasteiger partial charge in [0.05, 0.1) is 5.75 Å². The van der Waals surface area contributed by atoms with Crippen LogP contribution in [-0.4, -0.2) is 20.1 Å². The lowest BCUT2D eigenvalue weighted by Crippen LogP contribution is -1.91. The van der Waals surface area contributed by atoms with Gasteiger partial charge in [-0.3, -0.25) is 0 Å². The number of hydrogen-bond donors (Lipinski definition) is 0. The quantitative estimate of drug-likeness (QED) is 0.396. The molecule has 60 valence electrons. The number of hydrogen-bond acceptors (Lipinski definition) is 2. The zero-order valence-corrected chi connectivity index (χ0v) is 7.59. The van der Waals surface area contributed by atoms with Gasteiger partial charge >= 0.3 is 0 Å². The van der Waals surface area contributed by atoms with Crippen LogP contribution in [0.4, 0.5) is 0 Å². The molecule has 0 aromatic heterocycles. The van der Waals surface area contributed by atoms with Gasteiger partial charge in [-0.05, 0) is 6.42 Å². The summed E-state index contributed by atoms with van der Waals surface area (Å²) in [6.07, 6.45) is 3.85. The van der Waals surface area contributed by atoms with Gasteiger partial charge in [-0.1, -0.05) is 12.2 Å². The van der Waals surface area contributed by atoms with E-state index in [4.69, 9.17) is 22.3 Å². The highest BCUT2D eigenvalue weighted by Crippen LogP contribution is 1.96. The molecule has 0 saturated carbocycles. The van der Waals surface area contributed by atoms with E-state index in [1.165, 1.54) is 6.08 Å². The van der Waals surface area contributed by atoms with Gasteiger partial charge in [-0.2, -0.15) is 0 Å². The van der Waals surface area contributed by atoms with Gasteiger partial charge in [-0.25, -0.2) is 8.42 Å². The first-order chi connectivity index (χ1) is 4.56. The molecule has 0 fully saturated rings. The lowest BCUT2D eigenvalue weighted by atomic mass is 10.4. The zero-order chi connectivity index (χ0) is 8.04. The normalized spacial score (nSPS) is 12.6. The maximum atomic E-state index is 10.3. The molecule has 0 rings (SSSR count). The Bertz CT molecular complexity index is 196. The monoisotopic (exact) mass is 202 g/mol. The van der Waals surface area contributed by atoms with E-state index in [9.17, 15) is 8.42 Å². The SMILES string of the molecule is O=S(=O)(Cl)CC=CCCCl. The molecule has 0 atom stereocenters. The summed E-state index contributed by atoms with van der Waals surface area (Å²) in [7, 11) is 1.54. The summed E-state index contributed by atoms with van der Waals surface area (Å²) in [6.45, 7) is 0. The summed E-state index contributed by atoms with van der Waals surface area (Å²) in [5.74, 6) is 0.379. The second-order valence-electron chi connectivity index (χ2n) is 1.65. The van der Waals surface area contributed by atoms with Gasteiger partial charge in [-0.15, -0.1) is 11.6 Å². The Kier molecular flexibility index (Phi) is 5.13. The van der Waals surface area contributed by atoms with Crippen LogP contribution in [0.5, 0.6) is 0 Å². The lowest BCUT2D eigenvalue weighted by Gasteiger charge is -1.85. The van der Waals surface area contributed by atoms with Crippen LogP contribution in [-0.2, 0) is 9.05 Å². The maximum Gasteiger partial charge on any atom is 0.236 e. The van der Waals surface area contributed by atoms with Crippen LogP contribution in [0.15, 0.2) is 12.2 Å². The molecule has 10 heavy (non-hydrogen) atoms. The van der Waals surface area contributed by atoms with Crippen LogP contribution in [0.25, 0.3) is 0 Å². The van der Waals surface area contributed by atoms with Crippen LogP contribution in [0.2, 0.25) is 0 Å². The van der Waals surface area contributed by atoms with Crippen molar-refractivity contribution in [2.24, 2.45) is 0 Å². The Labute approximate surface area is 70.2 Å². The molecule has 0 radical (unpaired) electrons. The average molecular weight is 203 g/mol. The van der Waals surface area contributed by atoms with Crippen molar-refractivity contribution in [1.29, 1.82) is 0 Å². The highest BCUT2D eigenvalue weighted by Gasteiger charge is 1.98. The molecule has 0 saturated heterocycles. The molecule has 0 amide bonds. The fraction of sp³-hybridized carbons (Fsp3) is 0.600. The summed E-state index contributed by atoms with van der Waals surface area (Å²) in [5.41, 5.74) is 0. The third-order valence-corrected chi connectivity index (χ3v) is 1.92. The summed E-state index contributed by atoms with van der Waals surface area (Å²) >= 11 is 5.32. The van der Waals surface area contributed by atoms with Crippen LogP contribution >= 0.6 is 22.3 Å². The Hall–Kier alpha value is 0.270. The standard InChI is InChI=1S/C5H8Cl2O2S/c6-4-2-1-3-5-10(7,8)9/h1,3H,2,4-5H2. The van der Waals surface area contributed by atoms with Crippen LogP contribution in [0.3, 0.4) is 0 Å². The van der Waals surface area contributed by atoms with Gasteiger partial charge in [0.25, 0.3) is 0 Å². The molecular weight excluding hydrogens is 195 g/mol. The third kappa shape index (κ3) is 8.27. The van der Waals surface area contributed by atoms with Crippen molar-refractivity contribution in [1.82, 2.24) is 0 Å². The summed E-state index contributed by atoms with van der Waals surface area (Å²) in [4.78, 5) is 0. The van der Waals surface area contributed by atoms with Crippen molar-refractivity contribution < 1.29 is 8.42 Å². The molecule has 0 spiro atoms. The third-order valence-electron chi connectivity index (χ3n) is 0.738. The molecule has 0 unspecified atom stereocenters. The predicted octanol–water partition coefficient (Wildman–Crippen LogP) is 1.74. The van der Waals surface area contributed by atoms with Crippen molar-refractivity contribution in [2.45, 2.75) is 6.42 Å². The van der Waals surface area contributed by atoms with E-state index in [0.29, 0.717) is 12.3 Å². The first kappa shape index (κ1) is 10.3. The fourth-order valence-electron chi connectivity index (χ4n) is 0.364. The van der Waals surface area contributed by atoms with Gasteiger partial charge in [0.1, 0.15) is 0 Å². The van der Waals surface area contributed by atoms with E-state index in [2.05, 4.69) is 0 Å². The van der Waals surface area contributed by atoms with E-state index in [1.54, 1.807) is 6.08 Å². The topological polar surface area (TPSA) is 34.1 Å². The van der Waals surface area contributed by atoms with Crippen molar-refractivity contribution in [3.8, 4) is 0 Å². The van der Waals surface area contributed by atoms with Crippen molar-refractivity contribution in [3.05, 3.63) is 12.2 Å². The molecular formula is C5H8Cl2O2S. The van der Waals surface area contributed by atoms with Gasteiger partial charge in [0.2, 0.25) is 9.05 Å². The second kappa shape index (κ2) is 4.99. The van der Waals surface area contributed by atoms with Crippen molar-refractivity contribution in [3.63, 3.8) is 0 Å². The van der Waals surface area contributed by atoms with Gasteiger partial charge in [0.15, 0.2) is 0 Å². The van der Waals surface area contributed by atoms with E-state index in [-0.39, 0.29) is 5.75 Å². The van der Waals surface area contributed by atoms with Crippen molar-refractivity contribution >= 4 is 31.3 Å². The number of rotatable bonds is 4. The molecule has 0 bridgehead atoms. The fourth-order valence-corrected chi connectivity index (χ4v) is 1.07. The molecule has 2 nitrogen and oxygen atoms in total. The van der Waals surface area contributed by atoms with Crippen molar-refractivity contribution in [2.75, 3.05) is 11.6 Å². The molecule has 5 heteroatoms. The molecule has 0 aromatic rings. The lowest BCUT2D eigenvalue weighted by molar-refractivity contribution is 0.612. The Morgan fingerprint density at radius 2 is 1.90 bits per heavy atom. The summed E-state index contributed by atoms with van der Waals surface area (Å²) in [6, 6.07) is 0. The number of halogens is 2. The Balaban J connectivity index is 3.55. The highest BCUT2D eigenvalue weighted by atomic mass is 35.7. The minimum atomic E-state index is -3.36. The van der Waals surface area contributed by atoms with E-state index < -0.39 is 9.05 Å². The van der Waals surface area contributed by atoms with Gasteiger partial charge < -0.3 is 0 Å². The van der Waals surface area contributed by atoms with E-state index in [1.807, 2.05) is 0 Å². The molecule has 0 N–H and O–H groups in total. The zero-order valence-electron chi connectivity index (χ0n) is 5.26. The molecule has 0 aliphatic rings. The molecule has 0 aromatic carbocycles. The number of allylic oxidation sites excluding steroid dienone is 1. The second-order valence-corrected chi connectivity index (χ2v) is 4.85. The molecule has 0 aliphatic carbocycles. The summed E-state index contributed by atoms with van der Waals surface area (Å²) < 4.78 is 20.6. The van der Waals surface area contributed by atoms with Crippen LogP contribution in [0, 0.1) is 0 Å². The maximum absolute atomic E-state index is 10.3. The van der Waals surface area contributed by atoms with Gasteiger partial charge in [0, 0.05) is 16.6 Å². The highest BCUT2D eigenvalue weighted by molar-refractivity contribution is 8.13. The van der Waals surface area contributed by atoms with E-state index in [0.717, 1.165) is 0 Å². The average Bonchev–Trinajstić information content (AvgIpc) is 1.78. The smallest absolute Gasteiger partial charge is 0.212 e. The first-order valence-electron chi connectivity index (χ1n) is 2.69. The molecule has 0 aliphatic heterocycles. The minimum Gasteiger partial charge on any atom is -0.212 e. The summed E-state index contributed by atoms with van der Waals surface area (Å²) in [5, 5.41) is 0. The Morgan fingerprint density at radius 1 is 1.30 bits per heavy atom. The number of alkyl halides is 1. The first-order valence-corrected chi connectivity index (χ1v) is 5.71. The predicted molar refractivity (Wildman–Crippen MR) is 44.1 cm³/mol. The minimum absolute atomic E-state index is 0.120. The van der Waals surface area contributed by atoms with Crippen LogP contribution < -0.4 is 0 Å². The Morgan fingerprint density at radius 3 is 2.30 bits per heavy atom.